The molecular formula is C24H34N4O3S2. The van der Waals surface area contributed by atoms with Crippen molar-refractivity contribution in [1.82, 2.24) is 19.7 Å². The Bertz CT molecular complexity index is 1050. The van der Waals surface area contributed by atoms with E-state index in [1.807, 2.05) is 48.9 Å². The predicted octanol–water partition coefficient (Wildman–Crippen LogP) is 4.22. The van der Waals surface area contributed by atoms with E-state index in [2.05, 4.69) is 0 Å². The zero-order valence-electron chi connectivity index (χ0n) is 19.5. The van der Waals surface area contributed by atoms with Crippen LogP contribution in [-0.2, 0) is 14.6 Å². The van der Waals surface area contributed by atoms with Gasteiger partial charge in [-0.2, -0.15) is 0 Å². The summed E-state index contributed by atoms with van der Waals surface area (Å²) in [7, 11) is -3.06. The normalized spacial score (nSPS) is 21.7. The van der Waals surface area contributed by atoms with Crippen LogP contribution < -0.4 is 0 Å². The first-order chi connectivity index (χ1) is 15.9. The quantitative estimate of drug-likeness (QED) is 0.515. The van der Waals surface area contributed by atoms with Crippen LogP contribution in [-0.4, -0.2) is 63.3 Å². The smallest absolute Gasteiger partial charge is 0.233 e. The Morgan fingerprint density at radius 3 is 2.55 bits per heavy atom. The van der Waals surface area contributed by atoms with Gasteiger partial charge in [-0.3, -0.25) is 4.79 Å². The minimum absolute atomic E-state index is 0.00374. The summed E-state index contributed by atoms with van der Waals surface area (Å²) >= 11 is 1.35. The summed E-state index contributed by atoms with van der Waals surface area (Å²) in [5, 5.41) is 5.38. The van der Waals surface area contributed by atoms with Gasteiger partial charge in [-0.25, -0.2) is 18.1 Å². The average Bonchev–Trinajstić information content (AvgIpc) is 3.42. The van der Waals surface area contributed by atoms with Crippen LogP contribution in [0.5, 0.6) is 0 Å². The Labute approximate surface area is 201 Å². The molecule has 1 aromatic heterocycles. The van der Waals surface area contributed by atoms with Gasteiger partial charge >= 0.3 is 0 Å². The molecular weight excluding hydrogens is 456 g/mol. The van der Waals surface area contributed by atoms with Crippen molar-refractivity contribution in [2.75, 3.05) is 17.3 Å². The van der Waals surface area contributed by atoms with E-state index in [-0.39, 0.29) is 35.2 Å². The van der Waals surface area contributed by atoms with E-state index in [1.165, 1.54) is 31.0 Å². The Morgan fingerprint density at radius 1 is 1.18 bits per heavy atom. The molecule has 1 aromatic carbocycles. The third-order valence-electron chi connectivity index (χ3n) is 6.86. The van der Waals surface area contributed by atoms with Crippen molar-refractivity contribution in [3.63, 3.8) is 0 Å². The van der Waals surface area contributed by atoms with E-state index >= 15 is 0 Å². The molecule has 7 nitrogen and oxygen atoms in total. The van der Waals surface area contributed by atoms with Crippen molar-refractivity contribution in [2.24, 2.45) is 0 Å². The maximum Gasteiger partial charge on any atom is 0.233 e. The number of thioether (sulfide) groups is 1. The second-order valence-corrected chi connectivity index (χ2v) is 12.4. The molecule has 1 aliphatic heterocycles. The van der Waals surface area contributed by atoms with Gasteiger partial charge in [-0.1, -0.05) is 56.1 Å². The number of hydrogen-bond acceptors (Lipinski definition) is 6. The Morgan fingerprint density at radius 2 is 1.91 bits per heavy atom. The first kappa shape index (κ1) is 24.3. The number of rotatable bonds is 8. The lowest BCUT2D eigenvalue weighted by Crippen LogP contribution is -2.47. The van der Waals surface area contributed by atoms with E-state index in [9.17, 15) is 13.2 Å². The van der Waals surface area contributed by atoms with Crippen molar-refractivity contribution < 1.29 is 13.2 Å². The topological polar surface area (TPSA) is 85.2 Å². The van der Waals surface area contributed by atoms with Gasteiger partial charge in [0.05, 0.1) is 22.9 Å². The maximum absolute atomic E-state index is 13.2. The van der Waals surface area contributed by atoms with E-state index in [0.717, 1.165) is 30.8 Å². The number of amides is 1. The number of nitrogens with zero attached hydrogens (tertiary/aromatic N) is 4. The van der Waals surface area contributed by atoms with Crippen LogP contribution in [0.3, 0.4) is 0 Å². The largest absolute Gasteiger partial charge is 0.335 e. The summed E-state index contributed by atoms with van der Waals surface area (Å²) in [6.07, 6.45) is 7.24. The summed E-state index contributed by atoms with van der Waals surface area (Å²) < 4.78 is 26.0. The van der Waals surface area contributed by atoms with Gasteiger partial charge in [0.2, 0.25) is 11.1 Å². The fraction of sp³-hybridized carbons (Fsp3) is 0.625. The Balaban J connectivity index is 1.52. The lowest BCUT2D eigenvalue weighted by molar-refractivity contribution is -0.132. The highest BCUT2D eigenvalue weighted by Gasteiger charge is 2.36. The average molecular weight is 491 g/mol. The molecule has 0 unspecified atom stereocenters. The molecule has 0 spiro atoms. The van der Waals surface area contributed by atoms with Gasteiger partial charge in [-0.15, -0.1) is 5.10 Å². The highest BCUT2D eigenvalue weighted by Crippen LogP contribution is 2.34. The molecule has 9 heteroatoms. The van der Waals surface area contributed by atoms with Gasteiger partial charge in [0.1, 0.15) is 5.82 Å². The number of benzene rings is 1. The highest BCUT2D eigenvalue weighted by molar-refractivity contribution is 7.99. The van der Waals surface area contributed by atoms with E-state index < -0.39 is 9.84 Å². The van der Waals surface area contributed by atoms with Gasteiger partial charge < -0.3 is 4.90 Å². The highest BCUT2D eigenvalue weighted by atomic mass is 32.2. The summed E-state index contributed by atoms with van der Waals surface area (Å²) in [6.45, 7) is 4.03. The molecule has 2 aromatic rings. The SMILES string of the molecule is CC[C@H](C)N(C(=O)CSc1nc(C2CCCCC2)n(-c2ccccc2)n1)[C@@H]1CCS(=O)(=O)C1. The lowest BCUT2D eigenvalue weighted by atomic mass is 9.88. The fourth-order valence-electron chi connectivity index (χ4n) is 4.95. The minimum atomic E-state index is -3.06. The summed E-state index contributed by atoms with van der Waals surface area (Å²) in [6, 6.07) is 9.82. The standard InChI is InChI=1S/C24H34N4O3S2/c1-3-18(2)27(21-14-15-33(30,31)17-21)22(29)16-32-24-25-23(19-10-6-4-7-11-19)28(26-24)20-12-8-5-9-13-20/h5,8-9,12-13,18-19,21H,3-4,6-7,10-11,14-17H2,1-2H3/t18-,21+/m0/s1. The maximum atomic E-state index is 13.2. The summed E-state index contributed by atoms with van der Waals surface area (Å²) in [5.41, 5.74) is 0.987. The molecule has 2 fully saturated rings. The predicted molar refractivity (Wildman–Crippen MR) is 132 cm³/mol. The molecule has 0 bridgehead atoms. The molecule has 2 atom stereocenters. The van der Waals surface area contributed by atoms with Crippen molar-refractivity contribution in [1.29, 1.82) is 0 Å². The van der Waals surface area contributed by atoms with E-state index in [4.69, 9.17) is 10.1 Å². The van der Waals surface area contributed by atoms with Gasteiger partial charge in [0, 0.05) is 18.0 Å². The third kappa shape index (κ3) is 5.80. The fourth-order valence-corrected chi connectivity index (χ4v) is 7.36. The molecule has 33 heavy (non-hydrogen) atoms. The van der Waals surface area contributed by atoms with Crippen LogP contribution in [0, 0.1) is 0 Å². The van der Waals surface area contributed by atoms with Crippen LogP contribution in [0.4, 0.5) is 0 Å². The second kappa shape index (κ2) is 10.6. The number of aromatic nitrogens is 3. The molecule has 0 radical (unpaired) electrons. The number of sulfone groups is 1. The first-order valence-electron chi connectivity index (χ1n) is 12.0. The van der Waals surface area contributed by atoms with E-state index in [0.29, 0.717) is 17.5 Å². The second-order valence-electron chi connectivity index (χ2n) is 9.24. The van der Waals surface area contributed by atoms with Gasteiger partial charge in [0.25, 0.3) is 0 Å². The summed E-state index contributed by atoms with van der Waals surface area (Å²) in [4.78, 5) is 19.9. The Hall–Kier alpha value is -1.87. The first-order valence-corrected chi connectivity index (χ1v) is 14.9. The number of carbonyl (C=O) groups excluding carboxylic acids is 1. The van der Waals surface area contributed by atoms with Crippen LogP contribution in [0.25, 0.3) is 5.69 Å². The molecule has 2 heterocycles. The number of hydrogen-bond donors (Lipinski definition) is 0. The van der Waals surface area contributed by atoms with Crippen molar-refractivity contribution in [3.05, 3.63) is 36.2 Å². The van der Waals surface area contributed by atoms with E-state index in [1.54, 1.807) is 4.90 Å². The van der Waals surface area contributed by atoms with Crippen LogP contribution in [0.2, 0.25) is 0 Å². The monoisotopic (exact) mass is 490 g/mol. The zero-order valence-corrected chi connectivity index (χ0v) is 21.2. The molecule has 0 N–H and O–H groups in total. The van der Waals surface area contributed by atoms with Crippen molar-refractivity contribution in [2.45, 2.75) is 82.0 Å². The van der Waals surface area contributed by atoms with Gasteiger partial charge in [-0.05, 0) is 44.7 Å². The van der Waals surface area contributed by atoms with Crippen LogP contribution in [0.15, 0.2) is 35.5 Å². The molecule has 4 rings (SSSR count). The summed E-state index contributed by atoms with van der Waals surface area (Å²) in [5.74, 6) is 1.78. The van der Waals surface area contributed by atoms with Crippen molar-refractivity contribution in [3.8, 4) is 5.69 Å². The molecule has 180 valence electrons. The molecule has 1 saturated heterocycles. The molecule has 2 aliphatic rings. The van der Waals surface area contributed by atoms with Gasteiger partial charge in [0.15, 0.2) is 9.84 Å². The van der Waals surface area contributed by atoms with Crippen LogP contribution >= 0.6 is 11.8 Å². The van der Waals surface area contributed by atoms with Crippen LogP contribution in [0.1, 0.15) is 70.5 Å². The lowest BCUT2D eigenvalue weighted by Gasteiger charge is -2.33. The molecule has 1 aliphatic carbocycles. The third-order valence-corrected chi connectivity index (χ3v) is 9.44. The Kier molecular flexibility index (Phi) is 7.79. The zero-order chi connectivity index (χ0) is 23.4. The van der Waals surface area contributed by atoms with Crippen molar-refractivity contribution >= 4 is 27.5 Å². The molecule has 1 saturated carbocycles. The minimum Gasteiger partial charge on any atom is -0.335 e. The molecule has 1 amide bonds. The number of carbonyl (C=O) groups is 1. The number of para-hydroxylation sites is 1.